The van der Waals surface area contributed by atoms with Crippen LogP contribution in [0.25, 0.3) is 0 Å². The highest BCUT2D eigenvalue weighted by Gasteiger charge is 2.27. The van der Waals surface area contributed by atoms with Crippen LogP contribution in [0.1, 0.15) is 63.1 Å². The molecular weight excluding hydrogens is 272 g/mol. The molecule has 122 valence electrons. The first kappa shape index (κ1) is 17.0. The van der Waals surface area contributed by atoms with E-state index in [1.807, 2.05) is 0 Å². The van der Waals surface area contributed by atoms with Crippen LogP contribution in [0.15, 0.2) is 24.3 Å². The van der Waals surface area contributed by atoms with Gasteiger partial charge in [0.15, 0.2) is 0 Å². The molecule has 1 aromatic rings. The predicted molar refractivity (Wildman–Crippen MR) is 91.9 cm³/mol. The molecule has 0 saturated heterocycles. The van der Waals surface area contributed by atoms with E-state index in [0.29, 0.717) is 6.04 Å². The van der Waals surface area contributed by atoms with Gasteiger partial charge in [0.1, 0.15) is 6.04 Å². The average molecular weight is 302 g/mol. The number of rotatable bonds is 6. The number of amides is 1. The molecule has 22 heavy (non-hydrogen) atoms. The lowest BCUT2D eigenvalue weighted by Crippen LogP contribution is -2.45. The Bertz CT molecular complexity index is 459. The molecule has 0 aliphatic heterocycles. The molecule has 1 atom stereocenters. The Morgan fingerprint density at radius 3 is 2.27 bits per heavy atom. The van der Waals surface area contributed by atoms with E-state index in [9.17, 15) is 4.79 Å². The van der Waals surface area contributed by atoms with Crippen LogP contribution in [0.4, 0.5) is 0 Å². The van der Waals surface area contributed by atoms with Gasteiger partial charge in [0, 0.05) is 6.04 Å². The summed E-state index contributed by atoms with van der Waals surface area (Å²) in [6, 6.07) is 8.58. The molecule has 3 heteroatoms. The first-order valence-corrected chi connectivity index (χ1v) is 8.76. The van der Waals surface area contributed by atoms with E-state index in [-0.39, 0.29) is 11.9 Å². The minimum absolute atomic E-state index is 0.166. The third-order valence-corrected chi connectivity index (χ3v) is 4.77. The molecule has 0 heterocycles. The highest BCUT2D eigenvalue weighted by atomic mass is 16.2. The van der Waals surface area contributed by atoms with Gasteiger partial charge in [0.05, 0.1) is 0 Å². The third-order valence-electron chi connectivity index (χ3n) is 4.77. The highest BCUT2D eigenvalue weighted by molar-refractivity contribution is 5.83. The predicted octanol–water partition coefficient (Wildman–Crippen LogP) is 3.83. The van der Waals surface area contributed by atoms with Crippen molar-refractivity contribution < 1.29 is 4.79 Å². The SMILES string of the molecule is CCN(CC)[C@H](C(=O)NC1CCCCC1)c1ccc(C)cc1. The maximum absolute atomic E-state index is 12.9. The van der Waals surface area contributed by atoms with E-state index in [0.717, 1.165) is 31.5 Å². The number of hydrogen-bond donors (Lipinski definition) is 1. The van der Waals surface area contributed by atoms with Gasteiger partial charge < -0.3 is 5.32 Å². The van der Waals surface area contributed by atoms with Gasteiger partial charge in [-0.25, -0.2) is 0 Å². The second-order valence-electron chi connectivity index (χ2n) is 6.38. The van der Waals surface area contributed by atoms with Crippen LogP contribution in [-0.2, 0) is 4.79 Å². The van der Waals surface area contributed by atoms with Crippen molar-refractivity contribution in [1.82, 2.24) is 10.2 Å². The molecule has 1 fully saturated rings. The largest absolute Gasteiger partial charge is 0.352 e. The summed E-state index contributed by atoms with van der Waals surface area (Å²) in [6.07, 6.45) is 6.05. The van der Waals surface area contributed by atoms with E-state index in [1.165, 1.54) is 24.8 Å². The standard InChI is InChI=1S/C19H30N2O/c1-4-21(5-2)18(16-13-11-15(3)12-14-16)19(22)20-17-9-7-6-8-10-17/h11-14,17-18H,4-10H2,1-3H3,(H,20,22)/t18-/m0/s1. The molecule has 3 nitrogen and oxygen atoms in total. The molecule has 1 N–H and O–H groups in total. The van der Waals surface area contributed by atoms with Gasteiger partial charge in [-0.3, -0.25) is 9.69 Å². The van der Waals surface area contributed by atoms with E-state index in [4.69, 9.17) is 0 Å². The van der Waals surface area contributed by atoms with Crippen molar-refractivity contribution in [2.24, 2.45) is 0 Å². The number of nitrogens with zero attached hydrogens (tertiary/aromatic N) is 1. The number of benzene rings is 1. The fourth-order valence-electron chi connectivity index (χ4n) is 3.39. The van der Waals surface area contributed by atoms with Gasteiger partial charge >= 0.3 is 0 Å². The molecule has 0 spiro atoms. The number of hydrogen-bond acceptors (Lipinski definition) is 2. The lowest BCUT2D eigenvalue weighted by atomic mass is 9.94. The van der Waals surface area contributed by atoms with Gasteiger partial charge in [-0.05, 0) is 38.4 Å². The summed E-state index contributed by atoms with van der Waals surface area (Å²) < 4.78 is 0. The molecule has 1 aliphatic carbocycles. The number of carbonyl (C=O) groups is 1. The summed E-state index contributed by atoms with van der Waals surface area (Å²) in [4.78, 5) is 15.1. The number of carbonyl (C=O) groups excluding carboxylic acids is 1. The second-order valence-corrected chi connectivity index (χ2v) is 6.38. The molecule has 1 saturated carbocycles. The Morgan fingerprint density at radius 1 is 1.14 bits per heavy atom. The van der Waals surface area contributed by atoms with Crippen LogP contribution in [0, 0.1) is 6.92 Å². The summed E-state index contributed by atoms with van der Waals surface area (Å²) >= 11 is 0. The van der Waals surface area contributed by atoms with Crippen LogP contribution < -0.4 is 5.32 Å². The van der Waals surface area contributed by atoms with Gasteiger partial charge in [0.25, 0.3) is 0 Å². The van der Waals surface area contributed by atoms with Crippen LogP contribution in [0.5, 0.6) is 0 Å². The van der Waals surface area contributed by atoms with Crippen molar-refractivity contribution in [3.05, 3.63) is 35.4 Å². The van der Waals surface area contributed by atoms with E-state index in [2.05, 4.69) is 55.3 Å². The Labute approximate surface area is 135 Å². The number of aryl methyl sites for hydroxylation is 1. The zero-order valence-corrected chi connectivity index (χ0v) is 14.3. The minimum Gasteiger partial charge on any atom is -0.352 e. The van der Waals surface area contributed by atoms with E-state index >= 15 is 0 Å². The van der Waals surface area contributed by atoms with E-state index in [1.54, 1.807) is 0 Å². The second kappa shape index (κ2) is 8.33. The molecule has 1 amide bonds. The summed E-state index contributed by atoms with van der Waals surface area (Å²) in [5, 5.41) is 3.30. The first-order valence-electron chi connectivity index (χ1n) is 8.76. The summed E-state index contributed by atoms with van der Waals surface area (Å²) in [7, 11) is 0. The van der Waals surface area contributed by atoms with Crippen molar-refractivity contribution in [2.45, 2.75) is 65.0 Å². The fraction of sp³-hybridized carbons (Fsp3) is 0.632. The molecule has 0 radical (unpaired) electrons. The van der Waals surface area contributed by atoms with Crippen LogP contribution in [0.2, 0.25) is 0 Å². The van der Waals surface area contributed by atoms with Gasteiger partial charge in [-0.2, -0.15) is 0 Å². The molecular formula is C19H30N2O. The summed E-state index contributed by atoms with van der Waals surface area (Å²) in [5.41, 5.74) is 2.33. The van der Waals surface area contributed by atoms with Crippen molar-refractivity contribution in [3.8, 4) is 0 Å². The maximum Gasteiger partial charge on any atom is 0.242 e. The zero-order valence-electron chi connectivity index (χ0n) is 14.3. The third kappa shape index (κ3) is 4.33. The molecule has 1 aromatic carbocycles. The molecule has 0 unspecified atom stereocenters. The topological polar surface area (TPSA) is 32.3 Å². The van der Waals surface area contributed by atoms with Crippen LogP contribution in [0.3, 0.4) is 0 Å². The Kier molecular flexibility index (Phi) is 6.44. The summed E-state index contributed by atoms with van der Waals surface area (Å²) in [5.74, 6) is 0.166. The maximum atomic E-state index is 12.9. The normalized spacial score (nSPS) is 17.5. The van der Waals surface area contributed by atoms with Crippen LogP contribution in [-0.4, -0.2) is 29.9 Å². The Balaban J connectivity index is 2.15. The minimum atomic E-state index is -0.169. The molecule has 0 aromatic heterocycles. The lowest BCUT2D eigenvalue weighted by molar-refractivity contribution is -0.127. The zero-order chi connectivity index (χ0) is 15.9. The quantitative estimate of drug-likeness (QED) is 0.866. The van der Waals surface area contributed by atoms with Crippen molar-refractivity contribution in [3.63, 3.8) is 0 Å². The number of likely N-dealkylation sites (N-methyl/N-ethyl adjacent to an activating group) is 1. The molecule has 0 bridgehead atoms. The van der Waals surface area contributed by atoms with Gasteiger partial charge in [-0.15, -0.1) is 0 Å². The van der Waals surface area contributed by atoms with Crippen molar-refractivity contribution in [1.29, 1.82) is 0 Å². The summed E-state index contributed by atoms with van der Waals surface area (Å²) in [6.45, 7) is 8.09. The fourth-order valence-corrected chi connectivity index (χ4v) is 3.39. The van der Waals surface area contributed by atoms with E-state index < -0.39 is 0 Å². The van der Waals surface area contributed by atoms with Crippen LogP contribution >= 0.6 is 0 Å². The van der Waals surface area contributed by atoms with Gasteiger partial charge in [0.2, 0.25) is 5.91 Å². The Morgan fingerprint density at radius 2 is 1.73 bits per heavy atom. The smallest absolute Gasteiger partial charge is 0.242 e. The number of nitrogens with one attached hydrogen (secondary N) is 1. The monoisotopic (exact) mass is 302 g/mol. The first-order chi connectivity index (χ1) is 10.7. The molecule has 1 aliphatic rings. The van der Waals surface area contributed by atoms with Crippen molar-refractivity contribution in [2.75, 3.05) is 13.1 Å². The van der Waals surface area contributed by atoms with Gasteiger partial charge in [-0.1, -0.05) is 62.9 Å². The molecule has 2 rings (SSSR count). The highest BCUT2D eigenvalue weighted by Crippen LogP contribution is 2.23. The van der Waals surface area contributed by atoms with Crippen molar-refractivity contribution >= 4 is 5.91 Å². The average Bonchev–Trinajstić information content (AvgIpc) is 2.54. The Hall–Kier alpha value is -1.35. The lowest BCUT2D eigenvalue weighted by Gasteiger charge is -2.31.